The Bertz CT molecular complexity index is 601. The zero-order valence-electron chi connectivity index (χ0n) is 8.72. The number of ketones is 1. The number of rotatable bonds is 2. The minimum atomic E-state index is -1.37. The fraction of sp³-hybridized carbons (Fsp3) is 0.200. The summed E-state index contributed by atoms with van der Waals surface area (Å²) in [5.74, 6) is -1.51. The standard InChI is InChI=1S/C10H9N3O3/c1-5-7(6(2)14)4-11-9-3-8(10(15)16)12-13(5)9/h3-4H,1-2H3,(H,15,16)/p-1. The Morgan fingerprint density at radius 1 is 1.44 bits per heavy atom. The minimum Gasteiger partial charge on any atom is -0.543 e. The van der Waals surface area contributed by atoms with Gasteiger partial charge in [-0.2, -0.15) is 5.10 Å². The molecular formula is C10H8N3O3-. The van der Waals surface area contributed by atoms with Crippen LogP contribution in [0.25, 0.3) is 5.65 Å². The molecule has 0 aliphatic heterocycles. The van der Waals surface area contributed by atoms with Crippen molar-refractivity contribution in [2.24, 2.45) is 0 Å². The first kappa shape index (κ1) is 10.3. The predicted molar refractivity (Wildman–Crippen MR) is 52.1 cm³/mol. The number of carbonyl (C=O) groups excluding carboxylic acids is 2. The third-order valence-electron chi connectivity index (χ3n) is 2.31. The zero-order chi connectivity index (χ0) is 11.9. The van der Waals surface area contributed by atoms with Crippen molar-refractivity contribution < 1.29 is 14.7 Å². The van der Waals surface area contributed by atoms with Gasteiger partial charge in [0.2, 0.25) is 0 Å². The van der Waals surface area contributed by atoms with Crippen LogP contribution in [0.4, 0.5) is 0 Å². The topological polar surface area (TPSA) is 87.4 Å². The summed E-state index contributed by atoms with van der Waals surface area (Å²) in [6.07, 6.45) is 1.41. The molecule has 0 saturated heterocycles. The second kappa shape index (κ2) is 3.41. The summed E-state index contributed by atoms with van der Waals surface area (Å²) < 4.78 is 1.32. The molecule has 0 N–H and O–H groups in total. The van der Waals surface area contributed by atoms with Gasteiger partial charge in [-0.1, -0.05) is 0 Å². The van der Waals surface area contributed by atoms with Crippen molar-refractivity contribution in [3.8, 4) is 0 Å². The predicted octanol–water partition coefficient (Wildman–Crippen LogP) is -0.396. The quantitative estimate of drug-likeness (QED) is 0.640. The summed E-state index contributed by atoms with van der Waals surface area (Å²) in [5.41, 5.74) is 1.16. The van der Waals surface area contributed by atoms with E-state index in [4.69, 9.17) is 0 Å². The Labute approximate surface area is 90.5 Å². The Kier molecular flexibility index (Phi) is 2.19. The number of aryl methyl sites for hydroxylation is 1. The molecule has 82 valence electrons. The number of fused-ring (bicyclic) bond motifs is 1. The lowest BCUT2D eigenvalue weighted by molar-refractivity contribution is -0.255. The molecule has 6 heteroatoms. The second-order valence-corrected chi connectivity index (χ2v) is 3.40. The third kappa shape index (κ3) is 1.44. The maximum absolute atomic E-state index is 11.2. The van der Waals surface area contributed by atoms with Crippen molar-refractivity contribution in [3.63, 3.8) is 0 Å². The molecule has 0 radical (unpaired) electrons. The van der Waals surface area contributed by atoms with E-state index in [1.54, 1.807) is 6.92 Å². The van der Waals surface area contributed by atoms with Crippen molar-refractivity contribution >= 4 is 17.4 Å². The number of nitrogens with zero attached hydrogens (tertiary/aromatic N) is 3. The number of carbonyl (C=O) groups is 2. The van der Waals surface area contributed by atoms with Crippen LogP contribution >= 0.6 is 0 Å². The second-order valence-electron chi connectivity index (χ2n) is 3.40. The zero-order valence-corrected chi connectivity index (χ0v) is 8.72. The molecule has 2 heterocycles. The van der Waals surface area contributed by atoms with Gasteiger partial charge in [0, 0.05) is 12.3 Å². The average Bonchev–Trinajstić information content (AvgIpc) is 2.62. The van der Waals surface area contributed by atoms with Gasteiger partial charge in [0.1, 0.15) is 5.69 Å². The molecule has 0 saturated carbocycles. The summed E-state index contributed by atoms with van der Waals surface area (Å²) in [4.78, 5) is 25.8. The van der Waals surface area contributed by atoms with E-state index in [0.717, 1.165) is 0 Å². The van der Waals surface area contributed by atoms with E-state index in [1.807, 2.05) is 0 Å². The van der Waals surface area contributed by atoms with E-state index < -0.39 is 5.97 Å². The van der Waals surface area contributed by atoms with Crippen LogP contribution in [0.1, 0.15) is 33.5 Å². The van der Waals surface area contributed by atoms with E-state index in [0.29, 0.717) is 16.9 Å². The summed E-state index contributed by atoms with van der Waals surface area (Å²) >= 11 is 0. The van der Waals surface area contributed by atoms with E-state index in [-0.39, 0.29) is 11.5 Å². The SMILES string of the molecule is CC(=O)c1cnc2cc(C(=O)[O-])nn2c1C. The Balaban J connectivity index is 2.74. The van der Waals surface area contributed by atoms with Gasteiger partial charge in [0.05, 0.1) is 17.2 Å². The first-order valence-electron chi connectivity index (χ1n) is 4.58. The van der Waals surface area contributed by atoms with E-state index >= 15 is 0 Å². The number of Topliss-reactive ketones (excluding diaryl/α,β-unsaturated/α-hetero) is 1. The molecule has 0 aliphatic rings. The van der Waals surface area contributed by atoms with Gasteiger partial charge in [-0.15, -0.1) is 0 Å². The van der Waals surface area contributed by atoms with E-state index in [1.165, 1.54) is 23.7 Å². The fourth-order valence-electron chi connectivity index (χ4n) is 1.49. The molecule has 16 heavy (non-hydrogen) atoms. The lowest BCUT2D eigenvalue weighted by Gasteiger charge is -2.02. The van der Waals surface area contributed by atoms with E-state index in [9.17, 15) is 14.7 Å². The number of carboxylic acid groups (broad SMARTS) is 1. The first-order chi connectivity index (χ1) is 7.50. The van der Waals surface area contributed by atoms with Gasteiger partial charge in [-0.05, 0) is 13.8 Å². The summed E-state index contributed by atoms with van der Waals surface area (Å²) in [5, 5.41) is 14.4. The summed E-state index contributed by atoms with van der Waals surface area (Å²) in [6.45, 7) is 3.09. The van der Waals surface area contributed by atoms with Gasteiger partial charge in [-0.25, -0.2) is 9.50 Å². The van der Waals surface area contributed by atoms with E-state index in [2.05, 4.69) is 10.1 Å². The lowest BCUT2D eigenvalue weighted by Crippen LogP contribution is -2.22. The van der Waals surface area contributed by atoms with Crippen molar-refractivity contribution in [1.29, 1.82) is 0 Å². The molecule has 0 amide bonds. The van der Waals surface area contributed by atoms with Crippen LogP contribution < -0.4 is 5.11 Å². The van der Waals surface area contributed by atoms with Crippen molar-refractivity contribution in [2.75, 3.05) is 0 Å². The number of aromatic nitrogens is 3. The van der Waals surface area contributed by atoms with Gasteiger partial charge in [0.15, 0.2) is 11.4 Å². The molecule has 0 aliphatic carbocycles. The lowest BCUT2D eigenvalue weighted by atomic mass is 10.2. The molecule has 0 atom stereocenters. The minimum absolute atomic E-state index is 0.141. The van der Waals surface area contributed by atoms with Crippen LogP contribution in [0.2, 0.25) is 0 Å². The van der Waals surface area contributed by atoms with Crippen molar-refractivity contribution in [2.45, 2.75) is 13.8 Å². The molecular weight excluding hydrogens is 210 g/mol. The molecule has 2 rings (SSSR count). The molecule has 6 nitrogen and oxygen atoms in total. The van der Waals surface area contributed by atoms with Gasteiger partial charge >= 0.3 is 0 Å². The molecule has 0 spiro atoms. The highest BCUT2D eigenvalue weighted by molar-refractivity contribution is 5.95. The third-order valence-corrected chi connectivity index (χ3v) is 2.31. The number of aromatic carboxylic acids is 1. The van der Waals surface area contributed by atoms with Crippen LogP contribution in [0, 0.1) is 6.92 Å². The largest absolute Gasteiger partial charge is 0.543 e. The summed E-state index contributed by atoms with van der Waals surface area (Å²) in [6, 6.07) is 1.30. The molecule has 0 aromatic carbocycles. The summed E-state index contributed by atoms with van der Waals surface area (Å²) in [7, 11) is 0. The molecule has 2 aromatic rings. The molecule has 2 aromatic heterocycles. The Hall–Kier alpha value is -2.24. The molecule has 0 fully saturated rings. The molecule has 0 bridgehead atoms. The van der Waals surface area contributed by atoms with Gasteiger partial charge in [-0.3, -0.25) is 4.79 Å². The number of carboxylic acids is 1. The highest BCUT2D eigenvalue weighted by atomic mass is 16.4. The monoisotopic (exact) mass is 218 g/mol. The van der Waals surface area contributed by atoms with Gasteiger partial charge < -0.3 is 9.90 Å². The van der Waals surface area contributed by atoms with Crippen molar-refractivity contribution in [3.05, 3.63) is 29.2 Å². The number of hydrogen-bond donors (Lipinski definition) is 0. The van der Waals surface area contributed by atoms with Gasteiger partial charge in [0.25, 0.3) is 0 Å². The maximum Gasteiger partial charge on any atom is 0.163 e. The first-order valence-corrected chi connectivity index (χ1v) is 4.58. The van der Waals surface area contributed by atoms with Crippen molar-refractivity contribution in [1.82, 2.24) is 14.6 Å². The van der Waals surface area contributed by atoms with Crippen LogP contribution in [0.15, 0.2) is 12.3 Å². The van der Waals surface area contributed by atoms with Crippen LogP contribution in [0.5, 0.6) is 0 Å². The fourth-order valence-corrected chi connectivity index (χ4v) is 1.49. The Morgan fingerprint density at radius 3 is 2.69 bits per heavy atom. The normalized spacial score (nSPS) is 10.6. The van der Waals surface area contributed by atoms with Crippen LogP contribution in [-0.4, -0.2) is 26.4 Å². The maximum atomic E-state index is 11.2. The van der Waals surface area contributed by atoms with Crippen LogP contribution in [0.3, 0.4) is 0 Å². The highest BCUT2D eigenvalue weighted by Crippen LogP contribution is 2.11. The molecule has 0 unspecified atom stereocenters. The smallest absolute Gasteiger partial charge is 0.163 e. The van der Waals surface area contributed by atoms with Crippen LogP contribution in [-0.2, 0) is 0 Å². The Morgan fingerprint density at radius 2 is 2.12 bits per heavy atom. The average molecular weight is 218 g/mol. The highest BCUT2D eigenvalue weighted by Gasteiger charge is 2.11. The number of hydrogen-bond acceptors (Lipinski definition) is 5.